The van der Waals surface area contributed by atoms with E-state index < -0.39 is 0 Å². The number of nitrogens with one attached hydrogen (secondary N) is 1. The molecule has 1 N–H and O–H groups in total. The van der Waals surface area contributed by atoms with Gasteiger partial charge in [0.15, 0.2) is 0 Å². The van der Waals surface area contributed by atoms with Gasteiger partial charge in [-0.1, -0.05) is 39.0 Å². The molecule has 1 saturated heterocycles. The topological polar surface area (TPSA) is 66.3 Å². The maximum atomic E-state index is 15.0. The molecule has 0 unspecified atom stereocenters. The van der Waals surface area contributed by atoms with E-state index in [0.29, 0.717) is 30.2 Å². The Hall–Kier alpha value is -3.26. The predicted octanol–water partition coefficient (Wildman–Crippen LogP) is 4.80. The molecule has 1 aliphatic heterocycles. The van der Waals surface area contributed by atoms with E-state index in [-0.39, 0.29) is 22.8 Å². The molecule has 4 rings (SSSR count). The van der Waals surface area contributed by atoms with Crippen LogP contribution < -0.4 is 10.9 Å². The maximum absolute atomic E-state index is 15.0. The van der Waals surface area contributed by atoms with Crippen LogP contribution in [0.5, 0.6) is 0 Å². The lowest BCUT2D eigenvalue weighted by Crippen LogP contribution is -2.43. The normalized spacial score (nSPS) is 16.1. The molecule has 3 aromatic rings. The Labute approximate surface area is 212 Å². The van der Waals surface area contributed by atoms with Crippen molar-refractivity contribution in [3.8, 4) is 0 Å². The van der Waals surface area contributed by atoms with Gasteiger partial charge in [0.1, 0.15) is 11.5 Å². The lowest BCUT2D eigenvalue weighted by molar-refractivity contribution is 0.160. The van der Waals surface area contributed by atoms with Crippen LogP contribution in [-0.4, -0.2) is 50.5 Å². The fourth-order valence-electron chi connectivity index (χ4n) is 4.53. The third-order valence-electron chi connectivity index (χ3n) is 6.44. The number of piperazine rings is 1. The van der Waals surface area contributed by atoms with Gasteiger partial charge in [0.25, 0.3) is 5.56 Å². The Bertz CT molecular complexity index is 1290. The standard InChI is InChI=1S/C28H37FN6O/c1-6-11-33-12-14-34(15-13-33)18-23-8-7-21(16-24(23)29)20(2)31-27-30-17-22-9-10-25(36)35(26(22)32-27)19-28(3,4)5/h6-11,16-17,20H,12-15,18-19H2,1-5H3,(H,30,31,32)/t20-/m0/s1. The van der Waals surface area contributed by atoms with E-state index in [1.165, 1.54) is 0 Å². The highest BCUT2D eigenvalue weighted by atomic mass is 19.1. The minimum absolute atomic E-state index is 0.0800. The Morgan fingerprint density at radius 2 is 1.89 bits per heavy atom. The molecular weight excluding hydrogens is 455 g/mol. The first-order chi connectivity index (χ1) is 17.1. The monoisotopic (exact) mass is 492 g/mol. The molecule has 1 aromatic carbocycles. The number of rotatable bonds is 7. The van der Waals surface area contributed by atoms with Crippen LogP contribution in [0, 0.1) is 11.2 Å². The van der Waals surface area contributed by atoms with E-state index >= 15 is 4.39 Å². The van der Waals surface area contributed by atoms with E-state index in [9.17, 15) is 4.79 Å². The van der Waals surface area contributed by atoms with Gasteiger partial charge >= 0.3 is 0 Å². The summed E-state index contributed by atoms with van der Waals surface area (Å²) in [5.41, 5.74) is 1.95. The number of fused-ring (bicyclic) bond motifs is 1. The van der Waals surface area contributed by atoms with Gasteiger partial charge in [-0.25, -0.2) is 9.37 Å². The zero-order valence-electron chi connectivity index (χ0n) is 22.0. The lowest BCUT2D eigenvalue weighted by atomic mass is 9.97. The van der Waals surface area contributed by atoms with Crippen LogP contribution in [0.4, 0.5) is 10.3 Å². The molecule has 36 heavy (non-hydrogen) atoms. The summed E-state index contributed by atoms with van der Waals surface area (Å²) in [6.45, 7) is 15.1. The molecule has 0 bridgehead atoms. The summed E-state index contributed by atoms with van der Waals surface area (Å²) in [6, 6.07) is 8.53. The van der Waals surface area contributed by atoms with E-state index in [2.05, 4.69) is 58.1 Å². The molecule has 3 heterocycles. The average Bonchev–Trinajstić information content (AvgIpc) is 2.83. The lowest BCUT2D eigenvalue weighted by Gasteiger charge is -2.34. The molecule has 1 atom stereocenters. The van der Waals surface area contributed by atoms with Crippen molar-refractivity contribution in [2.45, 2.75) is 53.8 Å². The van der Waals surface area contributed by atoms with Crippen LogP contribution in [0.25, 0.3) is 11.0 Å². The molecule has 192 valence electrons. The van der Waals surface area contributed by atoms with Crippen molar-refractivity contribution in [1.29, 1.82) is 0 Å². The van der Waals surface area contributed by atoms with Crippen molar-refractivity contribution in [2.75, 3.05) is 31.5 Å². The molecule has 0 aliphatic carbocycles. The van der Waals surface area contributed by atoms with Gasteiger partial charge in [-0.05, 0) is 43.2 Å². The summed E-state index contributed by atoms with van der Waals surface area (Å²) in [4.78, 5) is 26.2. The van der Waals surface area contributed by atoms with Crippen LogP contribution in [0.15, 0.2) is 53.6 Å². The van der Waals surface area contributed by atoms with Gasteiger partial charge in [0, 0.05) is 62.5 Å². The summed E-state index contributed by atoms with van der Waals surface area (Å²) in [7, 11) is 0. The van der Waals surface area contributed by atoms with Gasteiger partial charge in [0.2, 0.25) is 5.95 Å². The van der Waals surface area contributed by atoms with E-state index in [4.69, 9.17) is 0 Å². The van der Waals surface area contributed by atoms with Crippen molar-refractivity contribution < 1.29 is 4.39 Å². The zero-order valence-corrected chi connectivity index (χ0v) is 22.0. The quantitative estimate of drug-likeness (QED) is 0.511. The van der Waals surface area contributed by atoms with Gasteiger partial charge in [-0.2, -0.15) is 4.98 Å². The van der Waals surface area contributed by atoms with Crippen LogP contribution in [0.2, 0.25) is 0 Å². The van der Waals surface area contributed by atoms with Crippen molar-refractivity contribution in [3.63, 3.8) is 0 Å². The summed E-state index contributed by atoms with van der Waals surface area (Å²) < 4.78 is 16.7. The zero-order chi connectivity index (χ0) is 25.9. The Morgan fingerprint density at radius 3 is 2.56 bits per heavy atom. The number of benzene rings is 1. The fourth-order valence-corrected chi connectivity index (χ4v) is 4.53. The predicted molar refractivity (Wildman–Crippen MR) is 143 cm³/mol. The second-order valence-electron chi connectivity index (χ2n) is 10.8. The highest BCUT2D eigenvalue weighted by molar-refractivity contribution is 5.75. The number of pyridine rings is 1. The first-order valence-corrected chi connectivity index (χ1v) is 12.6. The number of aromatic nitrogens is 3. The molecule has 0 saturated carbocycles. The number of allylic oxidation sites excluding steroid dienone is 1. The molecule has 7 nitrogen and oxygen atoms in total. The number of nitrogens with zero attached hydrogens (tertiary/aromatic N) is 5. The Morgan fingerprint density at radius 1 is 1.14 bits per heavy atom. The van der Waals surface area contributed by atoms with Crippen molar-refractivity contribution >= 4 is 17.0 Å². The van der Waals surface area contributed by atoms with E-state index in [1.54, 1.807) is 29.0 Å². The van der Waals surface area contributed by atoms with E-state index in [1.807, 2.05) is 26.0 Å². The molecule has 0 amide bonds. The summed E-state index contributed by atoms with van der Waals surface area (Å²) in [5.74, 6) is 0.210. The van der Waals surface area contributed by atoms with Crippen molar-refractivity contribution in [2.24, 2.45) is 5.41 Å². The molecule has 1 fully saturated rings. The second kappa shape index (κ2) is 10.8. The summed E-state index contributed by atoms with van der Waals surface area (Å²) >= 11 is 0. The minimum Gasteiger partial charge on any atom is -0.375 e. The van der Waals surface area contributed by atoms with Crippen molar-refractivity contribution in [3.05, 3.63) is 76.1 Å². The number of hydrogen-bond acceptors (Lipinski definition) is 6. The number of hydrogen-bond donors (Lipinski definition) is 1. The largest absolute Gasteiger partial charge is 0.375 e. The molecule has 0 radical (unpaired) electrons. The molecule has 0 spiro atoms. The van der Waals surface area contributed by atoms with Crippen LogP contribution in [-0.2, 0) is 13.1 Å². The highest BCUT2D eigenvalue weighted by Gasteiger charge is 2.18. The van der Waals surface area contributed by atoms with Crippen molar-refractivity contribution in [1.82, 2.24) is 24.3 Å². The van der Waals surface area contributed by atoms with Gasteiger partial charge < -0.3 is 10.2 Å². The van der Waals surface area contributed by atoms with Gasteiger partial charge in [-0.15, -0.1) is 0 Å². The summed E-state index contributed by atoms with van der Waals surface area (Å²) in [6.07, 6.45) is 5.89. The first kappa shape index (κ1) is 25.8. The van der Waals surface area contributed by atoms with Crippen LogP contribution in [0.1, 0.15) is 51.8 Å². The van der Waals surface area contributed by atoms with Crippen LogP contribution >= 0.6 is 0 Å². The molecule has 1 aliphatic rings. The summed E-state index contributed by atoms with van der Waals surface area (Å²) in [5, 5.41) is 4.08. The first-order valence-electron chi connectivity index (χ1n) is 12.6. The maximum Gasteiger partial charge on any atom is 0.252 e. The van der Waals surface area contributed by atoms with E-state index in [0.717, 1.165) is 37.1 Å². The molecule has 2 aromatic heterocycles. The average molecular weight is 493 g/mol. The van der Waals surface area contributed by atoms with Gasteiger partial charge in [-0.3, -0.25) is 14.3 Å². The number of halogens is 1. The minimum atomic E-state index is -0.207. The van der Waals surface area contributed by atoms with Crippen LogP contribution in [0.3, 0.4) is 0 Å². The third kappa shape index (κ3) is 6.29. The Balaban J connectivity index is 1.47. The molecular formula is C28H37FN6O. The SMILES string of the molecule is CC=CN1CCN(Cc2ccc([C@H](C)Nc3ncc4ccc(=O)n(CC(C)(C)C)c4n3)cc2F)CC1. The number of anilines is 1. The Kier molecular flexibility index (Phi) is 7.73. The fraction of sp³-hybridized carbons (Fsp3) is 0.464. The smallest absolute Gasteiger partial charge is 0.252 e. The highest BCUT2D eigenvalue weighted by Crippen LogP contribution is 2.23. The van der Waals surface area contributed by atoms with Gasteiger partial charge in [0.05, 0.1) is 6.04 Å². The third-order valence-corrected chi connectivity index (χ3v) is 6.44. The second-order valence-corrected chi connectivity index (χ2v) is 10.8. The molecule has 8 heteroatoms.